The van der Waals surface area contributed by atoms with Gasteiger partial charge in [-0.25, -0.2) is 8.42 Å². The minimum absolute atomic E-state index is 0.0000262. The van der Waals surface area contributed by atoms with Crippen molar-refractivity contribution in [1.29, 1.82) is 0 Å². The van der Waals surface area contributed by atoms with Crippen molar-refractivity contribution >= 4 is 10.0 Å². The average molecular weight is 317 g/mol. The van der Waals surface area contributed by atoms with Crippen LogP contribution >= 0.6 is 0 Å². The van der Waals surface area contributed by atoms with E-state index >= 15 is 0 Å². The predicted molar refractivity (Wildman–Crippen MR) is 85.6 cm³/mol. The SMILES string of the molecule is Cc1ccc(CS(=O)(=O)N2CCOC2c2ccccc2)cc1. The highest BCUT2D eigenvalue weighted by atomic mass is 32.2. The van der Waals surface area contributed by atoms with Crippen molar-refractivity contribution in [2.24, 2.45) is 0 Å². The summed E-state index contributed by atoms with van der Waals surface area (Å²) >= 11 is 0. The lowest BCUT2D eigenvalue weighted by Crippen LogP contribution is -2.32. The van der Waals surface area contributed by atoms with E-state index in [0.29, 0.717) is 13.2 Å². The number of hydrogen-bond donors (Lipinski definition) is 0. The second kappa shape index (κ2) is 6.20. The fourth-order valence-electron chi connectivity index (χ4n) is 2.60. The van der Waals surface area contributed by atoms with E-state index in [1.807, 2.05) is 61.5 Å². The smallest absolute Gasteiger partial charge is 0.220 e. The standard InChI is InChI=1S/C17H19NO3S/c1-14-7-9-15(10-8-14)13-22(19,20)18-11-12-21-17(18)16-5-3-2-4-6-16/h2-10,17H,11-13H2,1H3. The minimum Gasteiger partial charge on any atom is -0.356 e. The first-order chi connectivity index (χ1) is 10.6. The third-order valence-corrected chi connectivity index (χ3v) is 5.55. The van der Waals surface area contributed by atoms with Crippen LogP contribution in [0, 0.1) is 6.92 Å². The van der Waals surface area contributed by atoms with Crippen LogP contribution in [-0.2, 0) is 20.5 Å². The van der Waals surface area contributed by atoms with Gasteiger partial charge in [0.25, 0.3) is 0 Å². The van der Waals surface area contributed by atoms with Crippen LogP contribution in [0.2, 0.25) is 0 Å². The molecule has 0 saturated carbocycles. The van der Waals surface area contributed by atoms with Crippen LogP contribution in [0.4, 0.5) is 0 Å². The summed E-state index contributed by atoms with van der Waals surface area (Å²) < 4.78 is 32.5. The molecule has 5 heteroatoms. The zero-order valence-corrected chi connectivity index (χ0v) is 13.3. The molecular formula is C17H19NO3S. The van der Waals surface area contributed by atoms with Gasteiger partial charge in [-0.1, -0.05) is 60.2 Å². The molecule has 22 heavy (non-hydrogen) atoms. The number of sulfonamides is 1. The second-order valence-electron chi connectivity index (χ2n) is 5.49. The summed E-state index contributed by atoms with van der Waals surface area (Å²) in [5, 5.41) is 0. The maximum Gasteiger partial charge on any atom is 0.220 e. The van der Waals surface area contributed by atoms with Crippen LogP contribution in [0.1, 0.15) is 22.9 Å². The van der Waals surface area contributed by atoms with Crippen molar-refractivity contribution < 1.29 is 13.2 Å². The Morgan fingerprint density at radius 1 is 1.09 bits per heavy atom. The maximum absolute atomic E-state index is 12.7. The van der Waals surface area contributed by atoms with E-state index in [0.717, 1.165) is 16.7 Å². The largest absolute Gasteiger partial charge is 0.356 e. The van der Waals surface area contributed by atoms with E-state index in [-0.39, 0.29) is 5.75 Å². The highest BCUT2D eigenvalue weighted by Crippen LogP contribution is 2.30. The lowest BCUT2D eigenvalue weighted by molar-refractivity contribution is 0.0682. The lowest BCUT2D eigenvalue weighted by atomic mass is 10.2. The van der Waals surface area contributed by atoms with E-state index in [1.54, 1.807) is 0 Å². The molecule has 0 spiro atoms. The van der Waals surface area contributed by atoms with Crippen molar-refractivity contribution in [3.63, 3.8) is 0 Å². The van der Waals surface area contributed by atoms with E-state index in [4.69, 9.17) is 4.74 Å². The Morgan fingerprint density at radius 3 is 2.45 bits per heavy atom. The quantitative estimate of drug-likeness (QED) is 0.871. The number of benzene rings is 2. The average Bonchev–Trinajstić information content (AvgIpc) is 3.01. The van der Waals surface area contributed by atoms with Gasteiger partial charge in [0.05, 0.1) is 12.4 Å². The van der Waals surface area contributed by atoms with Gasteiger partial charge in [-0.3, -0.25) is 0 Å². The van der Waals surface area contributed by atoms with Crippen molar-refractivity contribution in [2.45, 2.75) is 18.9 Å². The van der Waals surface area contributed by atoms with E-state index in [9.17, 15) is 8.42 Å². The molecule has 0 amide bonds. The van der Waals surface area contributed by atoms with Crippen LogP contribution in [-0.4, -0.2) is 25.9 Å². The Labute approximate surface area is 131 Å². The first kappa shape index (κ1) is 15.2. The van der Waals surface area contributed by atoms with Crippen LogP contribution in [0.3, 0.4) is 0 Å². The zero-order chi connectivity index (χ0) is 15.6. The molecule has 0 aliphatic carbocycles. The van der Waals surface area contributed by atoms with Gasteiger partial charge in [0, 0.05) is 6.54 Å². The van der Waals surface area contributed by atoms with Crippen molar-refractivity contribution in [3.05, 3.63) is 71.3 Å². The van der Waals surface area contributed by atoms with Gasteiger partial charge in [-0.15, -0.1) is 0 Å². The predicted octanol–water partition coefficient (Wildman–Crippen LogP) is 2.86. The molecule has 116 valence electrons. The lowest BCUT2D eigenvalue weighted by Gasteiger charge is -2.23. The highest BCUT2D eigenvalue weighted by Gasteiger charge is 2.36. The van der Waals surface area contributed by atoms with E-state index in [1.165, 1.54) is 4.31 Å². The molecule has 1 atom stereocenters. The molecule has 0 bridgehead atoms. The van der Waals surface area contributed by atoms with Crippen LogP contribution in [0.15, 0.2) is 54.6 Å². The number of ether oxygens (including phenoxy) is 1. The van der Waals surface area contributed by atoms with Gasteiger partial charge in [0.1, 0.15) is 6.23 Å². The first-order valence-electron chi connectivity index (χ1n) is 7.28. The van der Waals surface area contributed by atoms with Crippen LogP contribution in [0.25, 0.3) is 0 Å². The molecule has 3 rings (SSSR count). The summed E-state index contributed by atoms with van der Waals surface area (Å²) in [6, 6.07) is 17.1. The topological polar surface area (TPSA) is 46.6 Å². The molecule has 1 aliphatic heterocycles. The highest BCUT2D eigenvalue weighted by molar-refractivity contribution is 7.88. The fourth-order valence-corrected chi connectivity index (χ4v) is 4.20. The third-order valence-electron chi connectivity index (χ3n) is 3.76. The number of nitrogens with zero attached hydrogens (tertiary/aromatic N) is 1. The van der Waals surface area contributed by atoms with E-state index < -0.39 is 16.3 Å². The van der Waals surface area contributed by atoms with Crippen molar-refractivity contribution in [3.8, 4) is 0 Å². The Kier molecular flexibility index (Phi) is 4.29. The van der Waals surface area contributed by atoms with Crippen LogP contribution < -0.4 is 0 Å². The Balaban J connectivity index is 1.83. The minimum atomic E-state index is -3.41. The molecule has 4 nitrogen and oxygen atoms in total. The Hall–Kier alpha value is -1.69. The maximum atomic E-state index is 12.7. The van der Waals surface area contributed by atoms with Gasteiger partial charge in [0.2, 0.25) is 10.0 Å². The molecule has 1 aliphatic rings. The number of aryl methyl sites for hydroxylation is 1. The van der Waals surface area contributed by atoms with E-state index in [2.05, 4.69) is 0 Å². The molecule has 0 aromatic heterocycles. The summed E-state index contributed by atoms with van der Waals surface area (Å²) in [5.74, 6) is -0.0000262. The molecule has 1 saturated heterocycles. The number of hydrogen-bond acceptors (Lipinski definition) is 3. The molecule has 1 unspecified atom stereocenters. The van der Waals surface area contributed by atoms with Crippen molar-refractivity contribution in [1.82, 2.24) is 4.31 Å². The van der Waals surface area contributed by atoms with Gasteiger partial charge < -0.3 is 4.74 Å². The van der Waals surface area contributed by atoms with Gasteiger partial charge >= 0.3 is 0 Å². The fraction of sp³-hybridized carbons (Fsp3) is 0.294. The molecule has 0 N–H and O–H groups in total. The summed E-state index contributed by atoms with van der Waals surface area (Å²) in [6.07, 6.45) is -0.517. The first-order valence-corrected chi connectivity index (χ1v) is 8.89. The Morgan fingerprint density at radius 2 is 1.77 bits per heavy atom. The molecular weight excluding hydrogens is 298 g/mol. The molecule has 2 aromatic rings. The van der Waals surface area contributed by atoms with Gasteiger partial charge in [-0.05, 0) is 18.1 Å². The zero-order valence-electron chi connectivity index (χ0n) is 12.5. The summed E-state index contributed by atoms with van der Waals surface area (Å²) in [7, 11) is -3.41. The van der Waals surface area contributed by atoms with Gasteiger partial charge in [-0.2, -0.15) is 4.31 Å². The Bertz CT molecular complexity index is 726. The normalized spacial score (nSPS) is 19.4. The molecule has 1 fully saturated rings. The molecule has 1 heterocycles. The molecule has 2 aromatic carbocycles. The summed E-state index contributed by atoms with van der Waals surface area (Å²) in [5.41, 5.74) is 2.78. The summed E-state index contributed by atoms with van der Waals surface area (Å²) in [4.78, 5) is 0. The number of rotatable bonds is 4. The third kappa shape index (κ3) is 3.21. The second-order valence-corrected chi connectivity index (χ2v) is 7.41. The summed E-state index contributed by atoms with van der Waals surface area (Å²) in [6.45, 7) is 2.80. The van der Waals surface area contributed by atoms with Crippen molar-refractivity contribution in [2.75, 3.05) is 13.2 Å². The monoisotopic (exact) mass is 317 g/mol. The molecule has 0 radical (unpaired) electrons. The van der Waals surface area contributed by atoms with Gasteiger partial charge in [0.15, 0.2) is 0 Å². The van der Waals surface area contributed by atoms with Crippen LogP contribution in [0.5, 0.6) is 0 Å².